The van der Waals surface area contributed by atoms with Crippen molar-refractivity contribution < 1.29 is 4.79 Å². The molecule has 1 heterocycles. The van der Waals surface area contributed by atoms with Crippen molar-refractivity contribution in [2.24, 2.45) is 5.73 Å². The third kappa shape index (κ3) is 5.55. The highest BCUT2D eigenvalue weighted by Crippen LogP contribution is 2.25. The first kappa shape index (κ1) is 23.1. The minimum atomic E-state index is -0.398. The molecule has 0 fully saturated rings. The van der Waals surface area contributed by atoms with Crippen molar-refractivity contribution in [2.75, 3.05) is 5.01 Å². The maximum atomic E-state index is 13.2. The van der Waals surface area contributed by atoms with Gasteiger partial charge in [0.15, 0.2) is 5.11 Å². The van der Waals surface area contributed by atoms with Crippen molar-refractivity contribution in [1.29, 1.82) is 0 Å². The lowest BCUT2D eigenvalue weighted by atomic mass is 9.92. The lowest BCUT2D eigenvalue weighted by Crippen LogP contribution is -2.49. The van der Waals surface area contributed by atoms with Crippen LogP contribution >= 0.6 is 35.4 Å². The van der Waals surface area contributed by atoms with Crippen molar-refractivity contribution in [3.8, 4) is 0 Å². The number of nitrogens with zero attached hydrogens (tertiary/aromatic N) is 3. The Balaban J connectivity index is 1.97. The Bertz CT molecular complexity index is 1110. The van der Waals surface area contributed by atoms with E-state index in [1.165, 1.54) is 5.01 Å². The molecule has 31 heavy (non-hydrogen) atoms. The molecule has 9 heteroatoms. The molecule has 0 bridgehead atoms. The summed E-state index contributed by atoms with van der Waals surface area (Å²) in [7, 11) is 0. The summed E-state index contributed by atoms with van der Waals surface area (Å²) in [6.45, 7) is 6.39. The normalized spacial score (nSPS) is 11.3. The molecule has 0 spiro atoms. The first-order valence-electron chi connectivity index (χ1n) is 9.54. The Labute approximate surface area is 196 Å². The summed E-state index contributed by atoms with van der Waals surface area (Å²) in [6, 6.07) is 16.1. The molecule has 1 aromatic heterocycles. The van der Waals surface area contributed by atoms with Crippen LogP contribution in [0, 0.1) is 0 Å². The van der Waals surface area contributed by atoms with Gasteiger partial charge in [0, 0.05) is 15.5 Å². The van der Waals surface area contributed by atoms with Gasteiger partial charge in [-0.3, -0.25) is 14.9 Å². The molecule has 1 amide bonds. The van der Waals surface area contributed by atoms with E-state index in [2.05, 4.69) is 10.5 Å². The Morgan fingerprint density at radius 3 is 2.42 bits per heavy atom. The van der Waals surface area contributed by atoms with E-state index in [1.807, 2.05) is 45.0 Å². The Morgan fingerprint density at radius 1 is 1.16 bits per heavy atom. The van der Waals surface area contributed by atoms with Crippen LogP contribution in [0.3, 0.4) is 0 Å². The molecule has 3 N–H and O–H groups in total. The number of benzene rings is 2. The molecule has 3 rings (SSSR count). The zero-order valence-corrected chi connectivity index (χ0v) is 19.7. The lowest BCUT2D eigenvalue weighted by Gasteiger charge is -2.23. The van der Waals surface area contributed by atoms with E-state index in [9.17, 15) is 4.79 Å². The van der Waals surface area contributed by atoms with Crippen LogP contribution in [0.25, 0.3) is 0 Å². The average molecular weight is 476 g/mol. The number of anilines is 1. The van der Waals surface area contributed by atoms with Crippen LogP contribution in [-0.2, 0) is 12.0 Å². The van der Waals surface area contributed by atoms with Crippen LogP contribution in [0.1, 0.15) is 42.5 Å². The van der Waals surface area contributed by atoms with Gasteiger partial charge in [-0.25, -0.2) is 5.01 Å². The molecule has 0 radical (unpaired) electrons. The molecule has 0 unspecified atom stereocenters. The molecule has 0 aliphatic carbocycles. The number of carbonyl (C=O) groups excluding carboxylic acids is 1. The van der Waals surface area contributed by atoms with Crippen molar-refractivity contribution >= 4 is 52.1 Å². The van der Waals surface area contributed by atoms with E-state index in [-0.39, 0.29) is 10.5 Å². The first-order chi connectivity index (χ1) is 14.6. The Hall–Kier alpha value is -2.61. The molecule has 2 aromatic carbocycles. The summed E-state index contributed by atoms with van der Waals surface area (Å²) < 4.78 is 1.62. The monoisotopic (exact) mass is 475 g/mol. The fraction of sp³-hybridized carbons (Fsp3) is 0.227. The molecule has 0 atom stereocenters. The van der Waals surface area contributed by atoms with Gasteiger partial charge in [0.05, 0.1) is 17.9 Å². The van der Waals surface area contributed by atoms with Gasteiger partial charge in [-0.05, 0) is 48.1 Å². The second-order valence-electron chi connectivity index (χ2n) is 8.01. The third-order valence-corrected chi connectivity index (χ3v) is 5.33. The van der Waals surface area contributed by atoms with Crippen LogP contribution in [0.5, 0.6) is 0 Å². The number of thiocarbonyl (C=S) groups is 1. The number of para-hydroxylation sites is 1. The Morgan fingerprint density at radius 2 is 1.84 bits per heavy atom. The number of hydrogen-bond acceptors (Lipinski definition) is 3. The predicted molar refractivity (Wildman–Crippen MR) is 130 cm³/mol. The number of hydrogen-bond donors (Lipinski definition) is 2. The summed E-state index contributed by atoms with van der Waals surface area (Å²) in [6.07, 6.45) is 0. The minimum absolute atomic E-state index is 0.0161. The second kappa shape index (κ2) is 9.26. The zero-order chi connectivity index (χ0) is 22.8. The van der Waals surface area contributed by atoms with Gasteiger partial charge in [0.2, 0.25) is 0 Å². The van der Waals surface area contributed by atoms with E-state index in [1.54, 1.807) is 35.0 Å². The highest BCUT2D eigenvalue weighted by atomic mass is 35.5. The van der Waals surface area contributed by atoms with Crippen LogP contribution in [0.15, 0.2) is 54.6 Å². The van der Waals surface area contributed by atoms with Gasteiger partial charge >= 0.3 is 0 Å². The topological polar surface area (TPSA) is 76.2 Å². The standard InChI is InChI=1S/C22H23Cl2N5OS/c1-22(2,3)19-12-18(28(26-19)13-14-9-10-15(23)11-17(14)24)20(30)27-29(21(25)31)16-7-5-4-6-8-16/h4-12H,13H2,1-3H3,(H2,25,31)(H,27,30). The van der Waals surface area contributed by atoms with E-state index in [0.717, 1.165) is 11.3 Å². The maximum Gasteiger partial charge on any atom is 0.288 e. The number of amides is 1. The van der Waals surface area contributed by atoms with E-state index in [0.29, 0.717) is 28.0 Å². The summed E-state index contributed by atoms with van der Waals surface area (Å²) in [5, 5.41) is 7.09. The second-order valence-corrected chi connectivity index (χ2v) is 9.27. The molecule has 0 aliphatic heterocycles. The van der Waals surface area contributed by atoms with Gasteiger partial charge < -0.3 is 5.73 Å². The van der Waals surface area contributed by atoms with E-state index in [4.69, 9.17) is 41.2 Å². The number of rotatable bonds is 4. The summed E-state index contributed by atoms with van der Waals surface area (Å²) in [4.78, 5) is 13.2. The number of halogens is 2. The van der Waals surface area contributed by atoms with Crippen LogP contribution in [0.2, 0.25) is 10.0 Å². The third-order valence-electron chi connectivity index (χ3n) is 4.56. The molecule has 0 saturated heterocycles. The van der Waals surface area contributed by atoms with Gasteiger partial charge in [-0.2, -0.15) is 5.10 Å². The minimum Gasteiger partial charge on any atom is -0.374 e. The number of aromatic nitrogens is 2. The predicted octanol–water partition coefficient (Wildman–Crippen LogP) is 4.93. The van der Waals surface area contributed by atoms with Gasteiger partial charge in [-0.1, -0.05) is 68.2 Å². The van der Waals surface area contributed by atoms with Crippen LogP contribution in [0.4, 0.5) is 5.69 Å². The highest BCUT2D eigenvalue weighted by molar-refractivity contribution is 7.80. The van der Waals surface area contributed by atoms with Gasteiger partial charge in [0.25, 0.3) is 5.91 Å². The molecular weight excluding hydrogens is 453 g/mol. The Kier molecular flexibility index (Phi) is 6.89. The highest BCUT2D eigenvalue weighted by Gasteiger charge is 2.25. The smallest absolute Gasteiger partial charge is 0.288 e. The number of nitrogens with two attached hydrogens (primary N) is 1. The van der Waals surface area contributed by atoms with Crippen molar-refractivity contribution in [2.45, 2.75) is 32.7 Å². The SMILES string of the molecule is CC(C)(C)c1cc(C(=O)NN(C(N)=S)c2ccccc2)n(Cc2ccc(Cl)cc2Cl)n1. The largest absolute Gasteiger partial charge is 0.374 e. The van der Waals surface area contributed by atoms with E-state index < -0.39 is 5.91 Å². The first-order valence-corrected chi connectivity index (χ1v) is 10.7. The van der Waals surface area contributed by atoms with Gasteiger partial charge in [0.1, 0.15) is 5.69 Å². The van der Waals surface area contributed by atoms with Crippen molar-refractivity contribution in [1.82, 2.24) is 15.2 Å². The summed E-state index contributed by atoms with van der Waals surface area (Å²) in [5.41, 5.74) is 10.9. The number of carbonyl (C=O) groups is 1. The molecule has 0 saturated carbocycles. The van der Waals surface area contributed by atoms with Gasteiger partial charge in [-0.15, -0.1) is 0 Å². The summed E-state index contributed by atoms with van der Waals surface area (Å²) >= 11 is 17.5. The average Bonchev–Trinajstić information content (AvgIpc) is 3.13. The molecular formula is C22H23Cl2N5OS. The maximum absolute atomic E-state index is 13.2. The summed E-state index contributed by atoms with van der Waals surface area (Å²) in [5.74, 6) is -0.398. The number of nitrogens with one attached hydrogen (secondary N) is 1. The van der Waals surface area contributed by atoms with Crippen molar-refractivity contribution in [3.63, 3.8) is 0 Å². The van der Waals surface area contributed by atoms with E-state index >= 15 is 0 Å². The molecule has 6 nitrogen and oxygen atoms in total. The molecule has 0 aliphatic rings. The lowest BCUT2D eigenvalue weighted by molar-refractivity contribution is 0.0944. The van der Waals surface area contributed by atoms with Crippen molar-refractivity contribution in [3.05, 3.63) is 81.6 Å². The quantitative estimate of drug-likeness (QED) is 0.413. The number of hydrazine groups is 1. The van der Waals surface area contributed by atoms with Crippen LogP contribution in [-0.4, -0.2) is 20.8 Å². The van der Waals surface area contributed by atoms with Crippen LogP contribution < -0.4 is 16.2 Å². The molecule has 3 aromatic rings. The fourth-order valence-electron chi connectivity index (χ4n) is 2.88. The fourth-order valence-corrected chi connectivity index (χ4v) is 3.50. The molecule has 162 valence electrons. The zero-order valence-electron chi connectivity index (χ0n) is 17.4.